The molecule has 126 valence electrons. The van der Waals surface area contributed by atoms with Gasteiger partial charge in [0.1, 0.15) is 0 Å². The van der Waals surface area contributed by atoms with Gasteiger partial charge in [-0.05, 0) is 32.1 Å². The minimum absolute atomic E-state index is 0.107. The molecular weight excluding hydrogens is 280 g/mol. The van der Waals surface area contributed by atoms with Gasteiger partial charge in [0.25, 0.3) is 0 Å². The van der Waals surface area contributed by atoms with Crippen LogP contribution in [0.3, 0.4) is 0 Å². The Morgan fingerprint density at radius 2 is 1.68 bits per heavy atom. The third-order valence-corrected chi connectivity index (χ3v) is 4.85. The number of amides is 2. The van der Waals surface area contributed by atoms with Crippen molar-refractivity contribution in [2.45, 2.75) is 51.9 Å². The van der Waals surface area contributed by atoms with Gasteiger partial charge >= 0.3 is 0 Å². The molecule has 1 saturated heterocycles. The lowest BCUT2D eigenvalue weighted by Gasteiger charge is -2.33. The van der Waals surface area contributed by atoms with E-state index in [1.54, 1.807) is 0 Å². The van der Waals surface area contributed by atoms with E-state index in [2.05, 4.69) is 12.2 Å². The van der Waals surface area contributed by atoms with E-state index >= 15 is 0 Å². The molecule has 2 fully saturated rings. The van der Waals surface area contributed by atoms with Gasteiger partial charge in [-0.3, -0.25) is 9.59 Å². The third kappa shape index (κ3) is 4.97. The van der Waals surface area contributed by atoms with E-state index in [-0.39, 0.29) is 23.7 Å². The van der Waals surface area contributed by atoms with Crippen LogP contribution in [0, 0.1) is 11.8 Å². The number of carbonyl (C=O) groups excluding carboxylic acids is 2. The highest BCUT2D eigenvalue weighted by Gasteiger charge is 2.32. The number of nitrogens with one attached hydrogen (secondary N) is 1. The van der Waals surface area contributed by atoms with Gasteiger partial charge in [0.15, 0.2) is 0 Å². The topological polar surface area (TPSA) is 58.6 Å². The lowest BCUT2D eigenvalue weighted by molar-refractivity contribution is -0.142. The monoisotopic (exact) mass is 310 g/mol. The molecule has 1 heterocycles. The summed E-state index contributed by atoms with van der Waals surface area (Å²) in [6, 6.07) is 0. The van der Waals surface area contributed by atoms with Crippen molar-refractivity contribution in [3.8, 4) is 0 Å². The van der Waals surface area contributed by atoms with E-state index in [0.29, 0.717) is 13.2 Å². The molecule has 1 aliphatic heterocycles. The number of nitrogens with zero attached hydrogens (tertiary/aromatic N) is 1. The number of ether oxygens (including phenoxy) is 1. The maximum atomic E-state index is 12.4. The van der Waals surface area contributed by atoms with Gasteiger partial charge in [-0.2, -0.15) is 0 Å². The first-order valence-electron chi connectivity index (χ1n) is 8.86. The molecule has 2 aliphatic rings. The minimum Gasteiger partial charge on any atom is -0.378 e. The first-order chi connectivity index (χ1) is 10.7. The van der Waals surface area contributed by atoms with Crippen LogP contribution in [0.5, 0.6) is 0 Å². The van der Waals surface area contributed by atoms with Crippen molar-refractivity contribution in [1.82, 2.24) is 10.2 Å². The van der Waals surface area contributed by atoms with Crippen LogP contribution in [0.25, 0.3) is 0 Å². The second-order valence-corrected chi connectivity index (χ2v) is 6.48. The number of carbonyl (C=O) groups is 2. The summed E-state index contributed by atoms with van der Waals surface area (Å²) in [7, 11) is 0. The lowest BCUT2D eigenvalue weighted by atomic mass is 9.81. The Morgan fingerprint density at radius 3 is 2.32 bits per heavy atom. The van der Waals surface area contributed by atoms with Crippen LogP contribution in [-0.2, 0) is 14.3 Å². The average Bonchev–Trinajstić information content (AvgIpc) is 2.59. The molecule has 2 rings (SSSR count). The Balaban J connectivity index is 1.68. The second-order valence-electron chi connectivity index (χ2n) is 6.48. The molecule has 0 aromatic heterocycles. The highest BCUT2D eigenvalue weighted by molar-refractivity contribution is 5.81. The SMILES string of the molecule is CCCCCNC(=O)C1CCC(C(=O)N2CCOCC2)CC1. The van der Waals surface area contributed by atoms with Gasteiger partial charge in [-0.15, -0.1) is 0 Å². The normalized spacial score (nSPS) is 25.8. The summed E-state index contributed by atoms with van der Waals surface area (Å²) < 4.78 is 5.29. The van der Waals surface area contributed by atoms with Gasteiger partial charge in [0.2, 0.25) is 11.8 Å². The summed E-state index contributed by atoms with van der Waals surface area (Å²) in [4.78, 5) is 26.5. The summed E-state index contributed by atoms with van der Waals surface area (Å²) in [5.41, 5.74) is 0. The molecule has 1 N–H and O–H groups in total. The molecule has 1 saturated carbocycles. The molecule has 0 aromatic rings. The summed E-state index contributed by atoms with van der Waals surface area (Å²) in [5, 5.41) is 3.04. The molecule has 0 atom stereocenters. The van der Waals surface area contributed by atoms with Crippen molar-refractivity contribution in [3.05, 3.63) is 0 Å². The zero-order chi connectivity index (χ0) is 15.8. The Kier molecular flexibility index (Phi) is 7.16. The van der Waals surface area contributed by atoms with Gasteiger partial charge in [0.05, 0.1) is 13.2 Å². The van der Waals surface area contributed by atoms with E-state index in [0.717, 1.165) is 51.7 Å². The van der Waals surface area contributed by atoms with Gasteiger partial charge in [-0.1, -0.05) is 19.8 Å². The van der Waals surface area contributed by atoms with Crippen molar-refractivity contribution in [3.63, 3.8) is 0 Å². The molecular formula is C17H30N2O3. The standard InChI is InChI=1S/C17H30N2O3/c1-2-3-4-9-18-16(20)14-5-7-15(8-6-14)17(21)19-10-12-22-13-11-19/h14-15H,2-13H2,1H3,(H,18,20). The highest BCUT2D eigenvalue weighted by Crippen LogP contribution is 2.30. The van der Waals surface area contributed by atoms with Crippen LogP contribution in [0.1, 0.15) is 51.9 Å². The van der Waals surface area contributed by atoms with Gasteiger partial charge in [-0.25, -0.2) is 0 Å². The molecule has 2 amide bonds. The number of rotatable bonds is 6. The van der Waals surface area contributed by atoms with E-state index < -0.39 is 0 Å². The zero-order valence-corrected chi connectivity index (χ0v) is 13.8. The van der Waals surface area contributed by atoms with Crippen LogP contribution < -0.4 is 5.32 Å². The number of morpholine rings is 1. The third-order valence-electron chi connectivity index (χ3n) is 4.85. The maximum absolute atomic E-state index is 12.4. The Bertz CT molecular complexity index is 359. The molecule has 5 nitrogen and oxygen atoms in total. The number of unbranched alkanes of at least 4 members (excludes halogenated alkanes) is 2. The van der Waals surface area contributed by atoms with Crippen LogP contribution in [0.4, 0.5) is 0 Å². The predicted molar refractivity (Wildman–Crippen MR) is 85.4 cm³/mol. The predicted octanol–water partition coefficient (Wildman–Crippen LogP) is 1.96. The summed E-state index contributed by atoms with van der Waals surface area (Å²) >= 11 is 0. The smallest absolute Gasteiger partial charge is 0.225 e. The van der Waals surface area contributed by atoms with Gasteiger partial charge in [0, 0.05) is 31.5 Å². The molecule has 0 unspecified atom stereocenters. The summed E-state index contributed by atoms with van der Waals surface area (Å²) in [6.07, 6.45) is 6.80. The first kappa shape index (κ1) is 17.3. The first-order valence-corrected chi connectivity index (χ1v) is 8.86. The highest BCUT2D eigenvalue weighted by atomic mass is 16.5. The fourth-order valence-corrected chi connectivity index (χ4v) is 3.38. The van der Waals surface area contributed by atoms with Crippen LogP contribution in [-0.4, -0.2) is 49.6 Å². The van der Waals surface area contributed by atoms with Crippen molar-refractivity contribution < 1.29 is 14.3 Å². The van der Waals surface area contributed by atoms with Crippen molar-refractivity contribution >= 4 is 11.8 Å². The molecule has 0 spiro atoms. The number of hydrogen-bond donors (Lipinski definition) is 1. The minimum atomic E-state index is 0.107. The maximum Gasteiger partial charge on any atom is 0.225 e. The van der Waals surface area contributed by atoms with Crippen LogP contribution >= 0.6 is 0 Å². The second kappa shape index (κ2) is 9.13. The Morgan fingerprint density at radius 1 is 1.05 bits per heavy atom. The molecule has 0 radical (unpaired) electrons. The van der Waals surface area contributed by atoms with E-state index in [1.807, 2.05) is 4.90 Å². The zero-order valence-electron chi connectivity index (χ0n) is 13.8. The van der Waals surface area contributed by atoms with Crippen molar-refractivity contribution in [2.24, 2.45) is 11.8 Å². The lowest BCUT2D eigenvalue weighted by Crippen LogP contribution is -2.45. The molecule has 0 bridgehead atoms. The van der Waals surface area contributed by atoms with E-state index in [9.17, 15) is 9.59 Å². The fraction of sp³-hybridized carbons (Fsp3) is 0.882. The quantitative estimate of drug-likeness (QED) is 0.763. The average molecular weight is 310 g/mol. The fourth-order valence-electron chi connectivity index (χ4n) is 3.38. The van der Waals surface area contributed by atoms with Crippen LogP contribution in [0.15, 0.2) is 0 Å². The summed E-state index contributed by atoms with van der Waals surface area (Å²) in [5.74, 6) is 0.677. The van der Waals surface area contributed by atoms with Crippen molar-refractivity contribution in [2.75, 3.05) is 32.8 Å². The molecule has 5 heteroatoms. The van der Waals surface area contributed by atoms with E-state index in [1.165, 1.54) is 12.8 Å². The summed E-state index contributed by atoms with van der Waals surface area (Å²) in [6.45, 7) is 5.70. The van der Waals surface area contributed by atoms with Crippen LogP contribution in [0.2, 0.25) is 0 Å². The molecule has 1 aliphatic carbocycles. The Hall–Kier alpha value is -1.10. The molecule has 0 aromatic carbocycles. The number of hydrogen-bond acceptors (Lipinski definition) is 3. The van der Waals surface area contributed by atoms with Gasteiger partial charge < -0.3 is 15.0 Å². The van der Waals surface area contributed by atoms with Crippen molar-refractivity contribution in [1.29, 1.82) is 0 Å². The largest absolute Gasteiger partial charge is 0.378 e. The van der Waals surface area contributed by atoms with E-state index in [4.69, 9.17) is 4.74 Å². The molecule has 22 heavy (non-hydrogen) atoms. The Labute approximate surface area is 133 Å².